The lowest BCUT2D eigenvalue weighted by Crippen LogP contribution is -2.32. The Morgan fingerprint density at radius 2 is 1.51 bits per heavy atom. The smallest absolute Gasteiger partial charge is 0.323 e. The maximum absolute atomic E-state index is 13.1. The summed E-state index contributed by atoms with van der Waals surface area (Å²) >= 11 is 0. The number of ether oxygens (including phenoxy) is 2. The second-order valence-electron chi connectivity index (χ2n) is 11.6. The van der Waals surface area contributed by atoms with E-state index >= 15 is 0 Å². The van der Waals surface area contributed by atoms with Gasteiger partial charge in [-0.3, -0.25) is 9.59 Å². The van der Waals surface area contributed by atoms with Crippen molar-refractivity contribution in [1.29, 1.82) is 0 Å². The molecule has 10 heteroatoms. The Labute approximate surface area is 263 Å². The normalized spacial score (nSPS) is 11.5. The molecule has 43 heavy (non-hydrogen) atoms. The summed E-state index contributed by atoms with van der Waals surface area (Å²) in [5.41, 5.74) is 9.77. The first-order valence-electron chi connectivity index (χ1n) is 15.1. The van der Waals surface area contributed by atoms with E-state index < -0.39 is 18.7 Å². The molecule has 0 fully saturated rings. The molecular weight excluding hydrogens is 568 g/mol. The Bertz CT molecular complexity index is 1130. The van der Waals surface area contributed by atoms with Crippen LogP contribution in [0.1, 0.15) is 83.8 Å². The van der Waals surface area contributed by atoms with Gasteiger partial charge in [0.05, 0.1) is 17.8 Å². The van der Waals surface area contributed by atoms with Gasteiger partial charge in [-0.15, -0.1) is 12.4 Å². The SMILES string of the molecule is CCC(CC(=O)OCOC(=O)CCCCN)c1ccc(N(CC(C)C)CC(C)C)c(NC(=O)Nc2ccc(C)cc2)c1.Cl. The van der Waals surface area contributed by atoms with Crippen LogP contribution in [0.15, 0.2) is 42.5 Å². The molecular formula is C33H51ClN4O5. The predicted octanol–water partition coefficient (Wildman–Crippen LogP) is 7.24. The molecule has 0 radical (unpaired) electrons. The number of hydrogen-bond donors (Lipinski definition) is 3. The van der Waals surface area contributed by atoms with Crippen LogP contribution in [0.25, 0.3) is 0 Å². The zero-order valence-corrected chi connectivity index (χ0v) is 27.4. The van der Waals surface area contributed by atoms with E-state index in [0.29, 0.717) is 42.6 Å². The molecule has 2 aromatic rings. The molecule has 2 amide bonds. The topological polar surface area (TPSA) is 123 Å². The number of nitrogens with two attached hydrogens (primary N) is 1. The number of nitrogens with zero attached hydrogens (tertiary/aromatic N) is 1. The second-order valence-corrected chi connectivity index (χ2v) is 11.6. The molecule has 0 heterocycles. The van der Waals surface area contributed by atoms with Crippen molar-refractivity contribution in [1.82, 2.24) is 0 Å². The van der Waals surface area contributed by atoms with Crippen LogP contribution < -0.4 is 21.3 Å². The van der Waals surface area contributed by atoms with Gasteiger partial charge in [0.2, 0.25) is 6.79 Å². The number of hydrogen-bond acceptors (Lipinski definition) is 7. The minimum atomic E-state index is -0.450. The van der Waals surface area contributed by atoms with Gasteiger partial charge < -0.3 is 30.7 Å². The lowest BCUT2D eigenvalue weighted by molar-refractivity contribution is -0.167. The van der Waals surface area contributed by atoms with E-state index in [0.717, 1.165) is 36.3 Å². The third-order valence-corrected chi connectivity index (χ3v) is 6.74. The van der Waals surface area contributed by atoms with Gasteiger partial charge >= 0.3 is 18.0 Å². The molecule has 0 aliphatic carbocycles. The maximum atomic E-state index is 13.1. The molecule has 0 saturated carbocycles. The molecule has 0 bridgehead atoms. The number of urea groups is 1. The molecule has 2 rings (SSSR count). The summed E-state index contributed by atoms with van der Waals surface area (Å²) in [6.45, 7) is 14.5. The average molecular weight is 619 g/mol. The number of anilines is 3. The van der Waals surface area contributed by atoms with Gasteiger partial charge in [0.1, 0.15) is 0 Å². The number of nitrogens with one attached hydrogen (secondary N) is 2. The zero-order chi connectivity index (χ0) is 31.1. The summed E-state index contributed by atoms with van der Waals surface area (Å²) in [4.78, 5) is 39.8. The Hall–Kier alpha value is -3.30. The first-order chi connectivity index (χ1) is 20.0. The summed E-state index contributed by atoms with van der Waals surface area (Å²) in [7, 11) is 0. The monoisotopic (exact) mass is 618 g/mol. The molecule has 2 aromatic carbocycles. The van der Waals surface area contributed by atoms with Gasteiger partial charge in [-0.05, 0) is 80.3 Å². The molecule has 1 unspecified atom stereocenters. The number of rotatable bonds is 17. The second kappa shape index (κ2) is 19.8. The van der Waals surface area contributed by atoms with E-state index in [1.807, 2.05) is 56.3 Å². The van der Waals surface area contributed by atoms with E-state index in [1.54, 1.807) is 0 Å². The molecule has 0 saturated heterocycles. The number of unbranched alkanes of at least 4 members (excludes halogenated alkanes) is 1. The van der Waals surface area contributed by atoms with Gasteiger partial charge in [0, 0.05) is 25.2 Å². The largest absolute Gasteiger partial charge is 0.428 e. The van der Waals surface area contributed by atoms with Crippen LogP contribution in [0, 0.1) is 18.8 Å². The Morgan fingerprint density at radius 3 is 2.09 bits per heavy atom. The van der Waals surface area contributed by atoms with Crippen molar-refractivity contribution in [2.24, 2.45) is 17.6 Å². The van der Waals surface area contributed by atoms with Crippen LogP contribution >= 0.6 is 12.4 Å². The summed E-state index contributed by atoms with van der Waals surface area (Å²) in [6, 6.07) is 13.3. The molecule has 0 spiro atoms. The lowest BCUT2D eigenvalue weighted by Gasteiger charge is -2.31. The van der Waals surface area contributed by atoms with E-state index in [1.165, 1.54) is 0 Å². The van der Waals surface area contributed by atoms with Gasteiger partial charge in [-0.2, -0.15) is 0 Å². The number of halogens is 1. The Kier molecular flexibility index (Phi) is 17.4. The third-order valence-electron chi connectivity index (χ3n) is 6.74. The Balaban J connectivity index is 0.00000924. The first kappa shape index (κ1) is 37.7. The average Bonchev–Trinajstić information content (AvgIpc) is 2.92. The molecule has 1 atom stereocenters. The van der Waals surface area contributed by atoms with Crippen molar-refractivity contribution in [3.63, 3.8) is 0 Å². The van der Waals surface area contributed by atoms with Crippen LogP contribution in [0.3, 0.4) is 0 Å². The standard InChI is InChI=1S/C33H50N4O5.ClH/c1-7-26(19-32(39)42-22-41-31(38)10-8-9-17-34)27-13-16-30(37(20-23(2)3)21-24(4)5)29(18-27)36-33(40)35-28-14-11-25(6)12-15-28;/h11-16,18,23-24,26H,7-10,17,19-22,34H2,1-6H3,(H2,35,36,40);1H. The molecule has 240 valence electrons. The fraction of sp³-hybridized carbons (Fsp3) is 0.545. The molecule has 0 aromatic heterocycles. The van der Waals surface area contributed by atoms with Crippen LogP contribution in [-0.2, 0) is 19.1 Å². The van der Waals surface area contributed by atoms with Gasteiger partial charge in [-0.25, -0.2) is 4.79 Å². The van der Waals surface area contributed by atoms with Crippen molar-refractivity contribution in [2.45, 2.75) is 79.6 Å². The number of carbonyl (C=O) groups is 3. The van der Waals surface area contributed by atoms with Crippen molar-refractivity contribution < 1.29 is 23.9 Å². The minimum Gasteiger partial charge on any atom is -0.428 e. The molecule has 0 aliphatic rings. The van der Waals surface area contributed by atoms with Crippen molar-refractivity contribution in [2.75, 3.05) is 42.0 Å². The zero-order valence-electron chi connectivity index (χ0n) is 26.6. The minimum absolute atomic E-state index is 0. The number of esters is 2. The van der Waals surface area contributed by atoms with Gasteiger partial charge in [0.25, 0.3) is 0 Å². The first-order valence-corrected chi connectivity index (χ1v) is 15.1. The number of amides is 2. The molecule has 4 N–H and O–H groups in total. The van der Waals surface area contributed by atoms with Crippen LogP contribution in [0.2, 0.25) is 0 Å². The van der Waals surface area contributed by atoms with Gasteiger partial charge in [0.15, 0.2) is 0 Å². The highest BCUT2D eigenvalue weighted by Crippen LogP contribution is 2.34. The van der Waals surface area contributed by atoms with Crippen LogP contribution in [0.4, 0.5) is 21.9 Å². The summed E-state index contributed by atoms with van der Waals surface area (Å²) < 4.78 is 10.2. The lowest BCUT2D eigenvalue weighted by atomic mass is 9.92. The highest BCUT2D eigenvalue weighted by Gasteiger charge is 2.21. The molecule has 9 nitrogen and oxygen atoms in total. The highest BCUT2D eigenvalue weighted by molar-refractivity contribution is 6.02. The summed E-state index contributed by atoms with van der Waals surface area (Å²) in [5.74, 6) is -0.160. The fourth-order valence-electron chi connectivity index (χ4n) is 4.66. The van der Waals surface area contributed by atoms with Gasteiger partial charge in [-0.1, -0.05) is 58.4 Å². The highest BCUT2D eigenvalue weighted by atomic mass is 35.5. The van der Waals surface area contributed by atoms with Crippen molar-refractivity contribution in [3.8, 4) is 0 Å². The van der Waals surface area contributed by atoms with E-state index in [4.69, 9.17) is 15.2 Å². The maximum Gasteiger partial charge on any atom is 0.323 e. The van der Waals surface area contributed by atoms with Crippen molar-refractivity contribution >= 4 is 47.4 Å². The van der Waals surface area contributed by atoms with Crippen LogP contribution in [-0.4, -0.2) is 44.4 Å². The van der Waals surface area contributed by atoms with E-state index in [9.17, 15) is 14.4 Å². The quantitative estimate of drug-likeness (QED) is 0.0970. The Morgan fingerprint density at radius 1 is 0.884 bits per heavy atom. The van der Waals surface area contributed by atoms with Crippen molar-refractivity contribution in [3.05, 3.63) is 53.6 Å². The van der Waals surface area contributed by atoms with Crippen LogP contribution in [0.5, 0.6) is 0 Å². The summed E-state index contributed by atoms with van der Waals surface area (Å²) in [6.07, 6.45) is 2.43. The number of benzene rings is 2. The number of carbonyl (C=O) groups excluding carboxylic acids is 3. The molecule has 0 aliphatic heterocycles. The van der Waals surface area contributed by atoms with E-state index in [2.05, 4.69) is 43.2 Å². The third kappa shape index (κ3) is 14.1. The number of aryl methyl sites for hydroxylation is 1. The fourth-order valence-corrected chi connectivity index (χ4v) is 4.66. The summed E-state index contributed by atoms with van der Waals surface area (Å²) in [5, 5.41) is 5.99. The van der Waals surface area contributed by atoms with E-state index in [-0.39, 0.29) is 37.2 Å². The predicted molar refractivity (Wildman–Crippen MR) is 177 cm³/mol.